The molecule has 3 N–H and O–H groups in total. The Morgan fingerprint density at radius 3 is 2.39 bits per heavy atom. The molecule has 3 aliphatic rings. The minimum atomic E-state index is -1.01. The number of aryl methyl sites for hydroxylation is 1. The molecule has 0 aliphatic carbocycles. The van der Waals surface area contributed by atoms with Crippen molar-refractivity contribution in [1.29, 1.82) is 0 Å². The summed E-state index contributed by atoms with van der Waals surface area (Å²) < 4.78 is 25.4. The Morgan fingerprint density at radius 1 is 0.918 bits per heavy atom. The molecule has 0 saturated carbocycles. The summed E-state index contributed by atoms with van der Waals surface area (Å²) in [5.74, 6) is 5.34. The highest BCUT2D eigenvalue weighted by Gasteiger charge is 2.44. The number of pyridine rings is 2. The van der Waals surface area contributed by atoms with Crippen LogP contribution in [-0.2, 0) is 27.9 Å². The Kier molecular flexibility index (Phi) is 13.5. The van der Waals surface area contributed by atoms with Crippen molar-refractivity contribution < 1.29 is 38.1 Å². The van der Waals surface area contributed by atoms with E-state index in [1.807, 2.05) is 24.4 Å². The molecule has 2 saturated heterocycles. The Balaban J connectivity index is 0.817. The van der Waals surface area contributed by atoms with Gasteiger partial charge in [-0.15, -0.1) is 0 Å². The Bertz CT molecular complexity index is 2410. The molecule has 2 fully saturated rings. The summed E-state index contributed by atoms with van der Waals surface area (Å²) in [6, 6.07) is 9.52. The summed E-state index contributed by atoms with van der Waals surface area (Å²) >= 11 is 0. The maximum atomic E-state index is 13.1. The van der Waals surface area contributed by atoms with Crippen molar-refractivity contribution >= 4 is 46.3 Å². The number of benzene rings is 2. The third kappa shape index (κ3) is 9.47. The molecule has 17 nitrogen and oxygen atoms in total. The summed E-state index contributed by atoms with van der Waals surface area (Å²) in [6.45, 7) is 3.52. The number of piperidine rings is 2. The van der Waals surface area contributed by atoms with Crippen LogP contribution in [0.2, 0.25) is 0 Å². The highest BCUT2D eigenvalue weighted by molar-refractivity contribution is 6.31. The van der Waals surface area contributed by atoms with Crippen LogP contribution in [0.15, 0.2) is 69.9 Å². The van der Waals surface area contributed by atoms with Crippen LogP contribution in [0.25, 0.3) is 21.9 Å². The number of hydrazone groups is 1. The molecule has 17 heteroatoms. The summed E-state index contributed by atoms with van der Waals surface area (Å²) in [4.78, 5) is 74.5. The molecule has 2 aromatic heterocycles. The molecule has 7 rings (SSSR count). The van der Waals surface area contributed by atoms with Gasteiger partial charge in [0.2, 0.25) is 11.8 Å². The molecule has 320 valence electrons. The van der Waals surface area contributed by atoms with Gasteiger partial charge in [-0.3, -0.25) is 49.1 Å². The minimum Gasteiger partial charge on any atom is -0.496 e. The van der Waals surface area contributed by atoms with Gasteiger partial charge < -0.3 is 29.4 Å². The fourth-order valence-electron chi connectivity index (χ4n) is 7.99. The van der Waals surface area contributed by atoms with Crippen molar-refractivity contribution in [2.75, 3.05) is 47.1 Å². The number of nitrogens with one attached hydrogen (secondary N) is 1. The van der Waals surface area contributed by atoms with Crippen LogP contribution in [0.1, 0.15) is 71.2 Å². The molecule has 4 aromatic rings. The predicted molar refractivity (Wildman–Crippen MR) is 227 cm³/mol. The molecule has 0 spiro atoms. The van der Waals surface area contributed by atoms with Crippen LogP contribution >= 0.6 is 0 Å². The lowest BCUT2D eigenvalue weighted by molar-refractivity contribution is -0.136. The lowest BCUT2D eigenvalue weighted by Crippen LogP contribution is -2.54. The number of rotatable bonds is 17. The fraction of sp³-hybridized carbons (Fsp3) is 0.409. The number of carbonyl (C=O) groups excluding carboxylic acids is 4. The van der Waals surface area contributed by atoms with Crippen LogP contribution in [0.3, 0.4) is 0 Å². The molecule has 0 bridgehead atoms. The summed E-state index contributed by atoms with van der Waals surface area (Å²) in [5.41, 5.74) is 3.55. The number of hydrogen-bond acceptors (Lipinski definition) is 14. The lowest BCUT2D eigenvalue weighted by Gasteiger charge is -2.32. The van der Waals surface area contributed by atoms with E-state index in [0.717, 1.165) is 72.2 Å². The number of likely N-dealkylation sites (tertiary alicyclic amines) is 1. The van der Waals surface area contributed by atoms with Crippen molar-refractivity contribution in [3.8, 4) is 28.4 Å². The van der Waals surface area contributed by atoms with Crippen molar-refractivity contribution in [3.63, 3.8) is 0 Å². The van der Waals surface area contributed by atoms with Crippen molar-refractivity contribution in [2.24, 2.45) is 23.0 Å². The van der Waals surface area contributed by atoms with Gasteiger partial charge in [-0.1, -0.05) is 0 Å². The normalized spacial score (nSPS) is 17.7. The summed E-state index contributed by atoms with van der Waals surface area (Å²) in [5, 5.41) is 7.43. The Hall–Kier alpha value is -6.46. The van der Waals surface area contributed by atoms with Gasteiger partial charge in [0.15, 0.2) is 0 Å². The monoisotopic (exact) mass is 834 g/mol. The molecule has 1 unspecified atom stereocenters. The highest BCUT2D eigenvalue weighted by atomic mass is 16.5. The SMILES string of the molecule is COc1cc(-c2cn(C)c(=O)c3cnccc23)cc(OC)c1CN1CCC(OCC(C=NCCCCCOc2ccc3c(c2)C(=O)N(C2CCC(=O)NC2=O)C3=O)=NN)CC1. The van der Waals surface area contributed by atoms with E-state index in [1.165, 1.54) is 12.1 Å². The van der Waals surface area contributed by atoms with Gasteiger partial charge in [-0.25, -0.2) is 0 Å². The van der Waals surface area contributed by atoms with E-state index in [9.17, 15) is 24.0 Å². The van der Waals surface area contributed by atoms with Crippen molar-refractivity contribution in [3.05, 3.63) is 82.0 Å². The molecular weight excluding hydrogens is 785 g/mol. The number of carbonyl (C=O) groups is 4. The zero-order valence-electron chi connectivity index (χ0n) is 34.6. The number of hydrogen-bond donors (Lipinski definition) is 2. The highest BCUT2D eigenvalue weighted by Crippen LogP contribution is 2.38. The second-order valence-electron chi connectivity index (χ2n) is 15.2. The molecular formula is C44H50N8O9. The van der Waals surface area contributed by atoms with Gasteiger partial charge >= 0.3 is 0 Å². The number of aromatic nitrogens is 2. The Labute approximate surface area is 352 Å². The van der Waals surface area contributed by atoms with Crippen LogP contribution in [-0.4, -0.2) is 114 Å². The molecule has 3 aliphatic heterocycles. The molecule has 4 amide bonds. The standard InChI is InChI=1S/C44H50N8O9/c1-50-24-35(31-11-15-47-23-34(31)42(50)55)27-19-38(58-2)36(39(20-27)59-3)25-51-16-12-29(13-17-51)61-26-28(49-45)22-46-14-5-4-6-18-60-30-7-8-32-33(21-30)44(57)52(43(32)56)37-9-10-40(53)48-41(37)54/h7-8,11,15,19-24,29,37H,4-6,9-10,12-14,16-18,25-26,45H2,1-3H3,(H,48,53,54). The second-order valence-corrected chi connectivity index (χ2v) is 15.2. The number of nitrogens with two attached hydrogens (primary N) is 1. The molecule has 0 radical (unpaired) electrons. The van der Waals surface area contributed by atoms with E-state index in [2.05, 4.69) is 25.3 Å². The number of fused-ring (bicyclic) bond motifs is 2. The van der Waals surface area contributed by atoms with Crippen molar-refractivity contribution in [1.82, 2.24) is 24.7 Å². The van der Waals surface area contributed by atoms with Crippen LogP contribution in [0, 0.1) is 0 Å². The zero-order chi connectivity index (χ0) is 43.0. The van der Waals surface area contributed by atoms with E-state index in [1.54, 1.807) is 50.5 Å². The first kappa shape index (κ1) is 42.7. The number of amides is 4. The molecule has 2 aromatic carbocycles. The van der Waals surface area contributed by atoms with Gasteiger partial charge in [-0.2, -0.15) is 5.10 Å². The maximum Gasteiger partial charge on any atom is 0.262 e. The lowest BCUT2D eigenvalue weighted by atomic mass is 9.98. The van der Waals surface area contributed by atoms with Crippen LogP contribution in [0.4, 0.5) is 0 Å². The largest absolute Gasteiger partial charge is 0.496 e. The molecule has 61 heavy (non-hydrogen) atoms. The zero-order valence-corrected chi connectivity index (χ0v) is 34.6. The van der Waals surface area contributed by atoms with E-state index in [-0.39, 0.29) is 42.2 Å². The number of ether oxygens (including phenoxy) is 4. The fourth-order valence-corrected chi connectivity index (χ4v) is 7.99. The number of imide groups is 2. The average molecular weight is 835 g/mol. The second kappa shape index (κ2) is 19.3. The van der Waals surface area contributed by atoms with Gasteiger partial charge in [-0.05, 0) is 85.9 Å². The number of unbranched alkanes of at least 4 members (excludes halogenated alkanes) is 2. The topological polar surface area (TPSA) is 209 Å². The first-order valence-electron chi connectivity index (χ1n) is 20.4. The molecule has 1 atom stereocenters. The first-order chi connectivity index (χ1) is 29.6. The van der Waals surface area contributed by atoms with Gasteiger partial charge in [0.25, 0.3) is 17.4 Å². The quantitative estimate of drug-likeness (QED) is 0.0514. The maximum absolute atomic E-state index is 13.1. The van der Waals surface area contributed by atoms with Crippen LogP contribution in [0.5, 0.6) is 17.2 Å². The van der Waals surface area contributed by atoms with E-state index in [0.29, 0.717) is 48.0 Å². The average Bonchev–Trinajstić information content (AvgIpc) is 3.52. The first-order valence-corrected chi connectivity index (χ1v) is 20.4. The Morgan fingerprint density at radius 2 is 1.67 bits per heavy atom. The minimum absolute atomic E-state index is 0.0496. The van der Waals surface area contributed by atoms with Gasteiger partial charge in [0.05, 0.1) is 55.6 Å². The van der Waals surface area contributed by atoms with Gasteiger partial charge in [0.1, 0.15) is 29.0 Å². The summed E-state index contributed by atoms with van der Waals surface area (Å²) in [7, 11) is 5.03. The third-order valence-corrected chi connectivity index (χ3v) is 11.3. The van der Waals surface area contributed by atoms with E-state index in [4.69, 9.17) is 24.8 Å². The molecule has 5 heterocycles. The number of nitrogens with zero attached hydrogens (tertiary/aromatic N) is 6. The summed E-state index contributed by atoms with van der Waals surface area (Å²) in [6.07, 6.45) is 11.1. The van der Waals surface area contributed by atoms with Gasteiger partial charge in [0, 0.05) is 70.0 Å². The van der Waals surface area contributed by atoms with Crippen molar-refractivity contribution in [2.45, 2.75) is 63.6 Å². The van der Waals surface area contributed by atoms with Crippen LogP contribution < -0.4 is 30.9 Å². The predicted octanol–water partition coefficient (Wildman–Crippen LogP) is 3.63. The smallest absolute Gasteiger partial charge is 0.262 e. The third-order valence-electron chi connectivity index (χ3n) is 11.3. The number of aliphatic imine (C=N–C) groups is 1. The van der Waals surface area contributed by atoms with E-state index >= 15 is 0 Å². The van der Waals surface area contributed by atoms with E-state index < -0.39 is 29.7 Å². The number of methoxy groups -OCH3 is 2.